The topological polar surface area (TPSA) is 8.17 Å². The lowest BCUT2D eigenvalue weighted by Crippen LogP contribution is -2.27. The van der Waals surface area contributed by atoms with Gasteiger partial charge in [0.05, 0.1) is 5.52 Å². The molecule has 0 bridgehead atoms. The van der Waals surface area contributed by atoms with Crippen molar-refractivity contribution in [3.8, 4) is 0 Å². The molecule has 2 aromatic rings. The third-order valence-electron chi connectivity index (χ3n) is 4.30. The number of nitrogens with zero attached hydrogens (tertiary/aromatic N) is 2. The van der Waals surface area contributed by atoms with E-state index in [0.717, 1.165) is 54.2 Å². The number of fused-ring (bicyclic) bond motifs is 3. The minimum atomic E-state index is -4.29. The smallest absolute Gasteiger partial charge is 0.320 e. The van der Waals surface area contributed by atoms with Crippen molar-refractivity contribution in [3.63, 3.8) is 0 Å². The predicted molar refractivity (Wildman–Crippen MR) is 82.7 cm³/mol. The van der Waals surface area contributed by atoms with Crippen molar-refractivity contribution < 1.29 is 13.2 Å². The first-order valence-corrected chi connectivity index (χ1v) is 7.34. The van der Waals surface area contributed by atoms with Gasteiger partial charge in [-0.1, -0.05) is 11.6 Å². The van der Waals surface area contributed by atoms with E-state index in [1.807, 2.05) is 26.1 Å². The highest BCUT2D eigenvalue weighted by molar-refractivity contribution is 5.88. The first-order chi connectivity index (χ1) is 10.3. The molecule has 0 fully saturated rings. The molecule has 1 aliphatic heterocycles. The Kier molecular flexibility index (Phi) is 3.56. The van der Waals surface area contributed by atoms with E-state index in [9.17, 15) is 13.2 Å². The zero-order chi connectivity index (χ0) is 16.1. The molecule has 0 unspecified atom stereocenters. The summed E-state index contributed by atoms with van der Waals surface area (Å²) in [6, 6.07) is 5.94. The van der Waals surface area contributed by atoms with Crippen LogP contribution in [0, 0.1) is 6.92 Å². The van der Waals surface area contributed by atoms with E-state index in [-0.39, 0.29) is 0 Å². The van der Waals surface area contributed by atoms with Crippen LogP contribution in [0.25, 0.3) is 17.1 Å². The first kappa shape index (κ1) is 15.2. The van der Waals surface area contributed by atoms with Gasteiger partial charge in [-0.05, 0) is 38.6 Å². The first-order valence-electron chi connectivity index (χ1n) is 7.34. The van der Waals surface area contributed by atoms with Gasteiger partial charge in [0.15, 0.2) is 0 Å². The summed E-state index contributed by atoms with van der Waals surface area (Å²) in [7, 11) is 2.04. The highest BCUT2D eigenvalue weighted by Crippen LogP contribution is 2.33. The Morgan fingerprint density at radius 1 is 1.27 bits per heavy atom. The van der Waals surface area contributed by atoms with Crippen LogP contribution in [-0.2, 0) is 13.0 Å². The quantitative estimate of drug-likeness (QED) is 0.760. The van der Waals surface area contributed by atoms with Crippen LogP contribution >= 0.6 is 0 Å². The summed E-state index contributed by atoms with van der Waals surface area (Å²) in [5.74, 6) is 0. The second-order valence-corrected chi connectivity index (χ2v) is 6.11. The van der Waals surface area contributed by atoms with Gasteiger partial charge in [-0.15, -0.1) is 0 Å². The molecule has 0 atom stereocenters. The summed E-state index contributed by atoms with van der Waals surface area (Å²) in [6.45, 7) is 4.77. The van der Waals surface area contributed by atoms with E-state index >= 15 is 0 Å². The maximum absolute atomic E-state index is 12.9. The lowest BCUT2D eigenvalue weighted by molar-refractivity contribution is -0.0905. The van der Waals surface area contributed by atoms with Crippen molar-refractivity contribution in [2.75, 3.05) is 13.6 Å². The Morgan fingerprint density at radius 2 is 2.00 bits per heavy atom. The zero-order valence-electron chi connectivity index (χ0n) is 13.0. The molecule has 22 heavy (non-hydrogen) atoms. The summed E-state index contributed by atoms with van der Waals surface area (Å²) in [4.78, 5) is 2.20. The fourth-order valence-corrected chi connectivity index (χ4v) is 3.06. The number of alkyl halides is 3. The van der Waals surface area contributed by atoms with Crippen LogP contribution < -0.4 is 0 Å². The van der Waals surface area contributed by atoms with E-state index in [0.29, 0.717) is 0 Å². The molecule has 2 heterocycles. The Bertz CT molecular complexity index is 753. The molecule has 1 aromatic carbocycles. The maximum Gasteiger partial charge on any atom is 0.413 e. The number of aryl methyl sites for hydroxylation is 1. The summed E-state index contributed by atoms with van der Waals surface area (Å²) < 4.78 is 40.5. The third-order valence-corrected chi connectivity index (χ3v) is 4.30. The Morgan fingerprint density at radius 3 is 2.68 bits per heavy atom. The van der Waals surface area contributed by atoms with Crippen LogP contribution in [0.2, 0.25) is 0 Å². The van der Waals surface area contributed by atoms with Crippen LogP contribution in [0.4, 0.5) is 13.2 Å². The molecule has 2 nitrogen and oxygen atoms in total. The highest BCUT2D eigenvalue weighted by Gasteiger charge is 2.31. The van der Waals surface area contributed by atoms with Crippen molar-refractivity contribution in [1.82, 2.24) is 9.47 Å². The second-order valence-electron chi connectivity index (χ2n) is 6.11. The lowest BCUT2D eigenvalue weighted by atomic mass is 10.0. The molecule has 0 aliphatic carbocycles. The van der Waals surface area contributed by atoms with Crippen molar-refractivity contribution in [3.05, 3.63) is 40.6 Å². The molecule has 3 rings (SSSR count). The summed E-state index contributed by atoms with van der Waals surface area (Å²) >= 11 is 0. The summed E-state index contributed by atoms with van der Waals surface area (Å²) in [6.07, 6.45) is -2.29. The number of halogens is 3. The number of aromatic nitrogens is 1. The molecule has 0 saturated heterocycles. The monoisotopic (exact) mass is 308 g/mol. The highest BCUT2D eigenvalue weighted by atomic mass is 19.4. The van der Waals surface area contributed by atoms with E-state index in [1.165, 1.54) is 6.20 Å². The standard InChI is InChI=1S/C17H19F3N2/c1-11-4-5-15-13(8-11)14-10-21(3)7-6-16(14)22(15)9-12(2)17(18,19)20/h4-5,8-9H,6-7,10H2,1-3H3. The summed E-state index contributed by atoms with van der Waals surface area (Å²) in [5.41, 5.74) is 3.55. The maximum atomic E-state index is 12.9. The number of hydrogen-bond donors (Lipinski definition) is 0. The number of rotatable bonds is 1. The number of hydrogen-bond acceptors (Lipinski definition) is 1. The van der Waals surface area contributed by atoms with Crippen LogP contribution in [0.15, 0.2) is 23.8 Å². The lowest BCUT2D eigenvalue weighted by Gasteiger charge is -2.23. The minimum absolute atomic E-state index is 0.577. The Hall–Kier alpha value is -1.75. The second kappa shape index (κ2) is 5.16. The molecule has 1 aromatic heterocycles. The molecule has 1 aliphatic rings. The normalized spacial score (nSPS) is 17.1. The largest absolute Gasteiger partial charge is 0.413 e. The average molecular weight is 308 g/mol. The van der Waals surface area contributed by atoms with Crippen molar-refractivity contribution in [2.24, 2.45) is 0 Å². The van der Waals surface area contributed by atoms with Gasteiger partial charge >= 0.3 is 6.18 Å². The molecule has 0 N–H and O–H groups in total. The molecule has 0 radical (unpaired) electrons. The molecule has 0 saturated carbocycles. The van der Waals surface area contributed by atoms with Crippen molar-refractivity contribution in [2.45, 2.75) is 33.0 Å². The van der Waals surface area contributed by atoms with Crippen LogP contribution in [0.3, 0.4) is 0 Å². The van der Waals surface area contributed by atoms with Crippen molar-refractivity contribution >= 4 is 17.1 Å². The SMILES string of the molecule is CC(=Cn1c2c(c3cc(C)ccc31)CN(C)CC2)C(F)(F)F. The van der Waals surface area contributed by atoms with Crippen LogP contribution in [0.5, 0.6) is 0 Å². The van der Waals surface area contributed by atoms with Gasteiger partial charge in [0, 0.05) is 42.4 Å². The van der Waals surface area contributed by atoms with Gasteiger partial charge in [-0.3, -0.25) is 0 Å². The average Bonchev–Trinajstić information content (AvgIpc) is 2.71. The molecular formula is C17H19F3N2. The molecule has 5 heteroatoms. The fraction of sp³-hybridized carbons (Fsp3) is 0.412. The van der Waals surface area contributed by atoms with Gasteiger partial charge in [0.1, 0.15) is 0 Å². The number of allylic oxidation sites excluding steroid dienone is 1. The third kappa shape index (κ3) is 2.54. The zero-order valence-corrected chi connectivity index (χ0v) is 13.0. The predicted octanol–water partition coefficient (Wildman–Crippen LogP) is 4.36. The van der Waals surface area contributed by atoms with Crippen LogP contribution in [-0.4, -0.2) is 29.2 Å². The van der Waals surface area contributed by atoms with E-state index in [4.69, 9.17) is 0 Å². The minimum Gasteiger partial charge on any atom is -0.320 e. The molecule has 118 valence electrons. The van der Waals surface area contributed by atoms with E-state index in [2.05, 4.69) is 11.0 Å². The fourth-order valence-electron chi connectivity index (χ4n) is 3.06. The molecule has 0 amide bonds. The number of likely N-dealkylation sites (N-methyl/N-ethyl adjacent to an activating group) is 1. The molecular weight excluding hydrogens is 289 g/mol. The van der Waals surface area contributed by atoms with E-state index < -0.39 is 11.7 Å². The van der Waals surface area contributed by atoms with Gasteiger partial charge in [0.25, 0.3) is 0 Å². The van der Waals surface area contributed by atoms with Crippen LogP contribution in [0.1, 0.15) is 23.7 Å². The van der Waals surface area contributed by atoms with Gasteiger partial charge in [-0.2, -0.15) is 13.2 Å². The summed E-state index contributed by atoms with van der Waals surface area (Å²) in [5, 5.41) is 1.06. The van der Waals surface area contributed by atoms with Crippen molar-refractivity contribution in [1.29, 1.82) is 0 Å². The Labute approximate surface area is 127 Å². The van der Waals surface area contributed by atoms with E-state index in [1.54, 1.807) is 4.57 Å². The molecule has 0 spiro atoms. The van der Waals surface area contributed by atoms with Gasteiger partial charge in [-0.25, -0.2) is 0 Å². The number of benzene rings is 1. The Balaban J connectivity index is 2.26. The van der Waals surface area contributed by atoms with Gasteiger partial charge in [0.2, 0.25) is 0 Å². The van der Waals surface area contributed by atoms with Gasteiger partial charge < -0.3 is 9.47 Å².